The Morgan fingerprint density at radius 2 is 1.83 bits per heavy atom. The molecule has 9 heteroatoms. The zero-order valence-corrected chi connectivity index (χ0v) is 17.9. The number of nitrogens with zero attached hydrogens (tertiary/aromatic N) is 2. The van der Waals surface area contributed by atoms with Gasteiger partial charge in [-0.25, -0.2) is 0 Å². The van der Waals surface area contributed by atoms with Gasteiger partial charge in [0.2, 0.25) is 5.91 Å². The number of hydrogen-bond acceptors (Lipinski definition) is 6. The summed E-state index contributed by atoms with van der Waals surface area (Å²) in [4.78, 5) is 39.3. The van der Waals surface area contributed by atoms with Crippen molar-refractivity contribution in [3.8, 4) is 0 Å². The Morgan fingerprint density at radius 1 is 1.21 bits per heavy atom. The average molecular weight is 418 g/mol. The maximum Gasteiger partial charge on any atom is 0.270 e. The van der Waals surface area contributed by atoms with Crippen LogP contribution in [0, 0.1) is 0 Å². The molecule has 0 bridgehead atoms. The Hall–Kier alpha value is -2.94. The predicted octanol–water partition coefficient (Wildman–Crippen LogP) is 2.16. The smallest absolute Gasteiger partial charge is 0.270 e. The van der Waals surface area contributed by atoms with Crippen molar-refractivity contribution in [3.63, 3.8) is 0 Å². The summed E-state index contributed by atoms with van der Waals surface area (Å²) >= 11 is 0.805. The number of amides is 3. The standard InChI is InChI=1S/C20H27N5O3S/c1-5-13(18(27)23-20(2,3)4)25(11-12-9-7-6-8-10-12)19(28)16-14(21)15(17(22)26)24-29-16/h6-10,13H,5,11,21H2,1-4H3,(H2,22,26)(H,23,27). The van der Waals surface area contributed by atoms with Crippen molar-refractivity contribution in [3.05, 3.63) is 46.5 Å². The SMILES string of the molecule is CCC(C(=O)NC(C)(C)C)N(Cc1ccccc1)C(=O)c1snc(C(N)=O)c1N. The topological polar surface area (TPSA) is 131 Å². The molecule has 0 saturated carbocycles. The van der Waals surface area contributed by atoms with Crippen LogP contribution >= 0.6 is 11.5 Å². The molecule has 1 atom stereocenters. The van der Waals surface area contributed by atoms with Crippen LogP contribution in [-0.4, -0.2) is 38.6 Å². The number of benzene rings is 1. The molecule has 5 N–H and O–H groups in total. The minimum absolute atomic E-state index is 0.0587. The number of nitrogens with two attached hydrogens (primary N) is 2. The summed E-state index contributed by atoms with van der Waals surface area (Å²) in [6.07, 6.45) is 0.405. The summed E-state index contributed by atoms with van der Waals surface area (Å²) in [6.45, 7) is 7.67. The van der Waals surface area contributed by atoms with E-state index in [1.165, 1.54) is 4.90 Å². The van der Waals surface area contributed by atoms with Crippen LogP contribution in [0.5, 0.6) is 0 Å². The van der Waals surface area contributed by atoms with E-state index >= 15 is 0 Å². The maximum atomic E-state index is 13.4. The monoisotopic (exact) mass is 417 g/mol. The van der Waals surface area contributed by atoms with Crippen LogP contribution in [0.2, 0.25) is 0 Å². The van der Waals surface area contributed by atoms with Gasteiger partial charge in [-0.1, -0.05) is 37.3 Å². The second-order valence-electron chi connectivity index (χ2n) is 7.72. The fourth-order valence-corrected chi connectivity index (χ4v) is 3.62. The van der Waals surface area contributed by atoms with Crippen molar-refractivity contribution < 1.29 is 14.4 Å². The van der Waals surface area contributed by atoms with E-state index in [4.69, 9.17) is 11.5 Å². The summed E-state index contributed by atoms with van der Waals surface area (Å²) in [7, 11) is 0. The highest BCUT2D eigenvalue weighted by Crippen LogP contribution is 2.26. The normalized spacial score (nSPS) is 12.3. The third-order valence-corrected chi connectivity index (χ3v) is 5.03. The highest BCUT2D eigenvalue weighted by Gasteiger charge is 2.33. The zero-order chi connectivity index (χ0) is 21.8. The molecule has 156 valence electrons. The quantitative estimate of drug-likeness (QED) is 0.635. The third kappa shape index (κ3) is 5.54. The lowest BCUT2D eigenvalue weighted by atomic mass is 10.1. The van der Waals surface area contributed by atoms with Crippen molar-refractivity contribution in [2.75, 3.05) is 5.73 Å². The lowest BCUT2D eigenvalue weighted by molar-refractivity contribution is -0.127. The van der Waals surface area contributed by atoms with E-state index in [1.54, 1.807) is 0 Å². The molecule has 3 amide bonds. The maximum absolute atomic E-state index is 13.4. The number of aromatic nitrogens is 1. The van der Waals surface area contributed by atoms with Gasteiger partial charge in [0.25, 0.3) is 11.8 Å². The molecule has 0 radical (unpaired) electrons. The fraction of sp³-hybridized carbons (Fsp3) is 0.400. The Kier molecular flexibility index (Phi) is 6.97. The number of anilines is 1. The van der Waals surface area contributed by atoms with E-state index in [2.05, 4.69) is 9.69 Å². The van der Waals surface area contributed by atoms with Crippen molar-refractivity contribution in [1.82, 2.24) is 14.6 Å². The molecule has 0 spiro atoms. The lowest BCUT2D eigenvalue weighted by Crippen LogP contribution is -2.53. The first-order chi connectivity index (χ1) is 13.5. The van der Waals surface area contributed by atoms with Crippen molar-refractivity contribution in [2.45, 2.75) is 52.2 Å². The summed E-state index contributed by atoms with van der Waals surface area (Å²) < 4.78 is 3.91. The van der Waals surface area contributed by atoms with Gasteiger partial charge in [-0.15, -0.1) is 0 Å². The minimum atomic E-state index is -0.801. The van der Waals surface area contributed by atoms with Crippen molar-refractivity contribution in [1.29, 1.82) is 0 Å². The highest BCUT2D eigenvalue weighted by molar-refractivity contribution is 7.09. The van der Waals surface area contributed by atoms with E-state index in [0.717, 1.165) is 17.1 Å². The molecule has 0 aliphatic carbocycles. The molecule has 2 aromatic rings. The van der Waals surface area contributed by atoms with Crippen molar-refractivity contribution in [2.24, 2.45) is 5.73 Å². The van der Waals surface area contributed by atoms with Crippen LogP contribution in [0.3, 0.4) is 0 Å². The third-order valence-electron chi connectivity index (χ3n) is 4.18. The molecule has 0 aliphatic rings. The van der Waals surface area contributed by atoms with Gasteiger partial charge in [0.05, 0.1) is 5.69 Å². The van der Waals surface area contributed by atoms with E-state index in [0.29, 0.717) is 6.42 Å². The van der Waals surface area contributed by atoms with Crippen LogP contribution in [-0.2, 0) is 11.3 Å². The van der Waals surface area contributed by atoms with Crippen LogP contribution in [0.25, 0.3) is 0 Å². The Morgan fingerprint density at radius 3 is 2.31 bits per heavy atom. The zero-order valence-electron chi connectivity index (χ0n) is 17.1. The number of nitrogens with one attached hydrogen (secondary N) is 1. The van der Waals surface area contributed by atoms with Crippen LogP contribution in [0.15, 0.2) is 30.3 Å². The second kappa shape index (κ2) is 9.04. The van der Waals surface area contributed by atoms with E-state index in [-0.39, 0.29) is 28.7 Å². The first kappa shape index (κ1) is 22.4. The molecular formula is C20H27N5O3S. The summed E-state index contributed by atoms with van der Waals surface area (Å²) in [6, 6.07) is 8.62. The molecule has 0 fully saturated rings. The van der Waals surface area contributed by atoms with Gasteiger partial charge < -0.3 is 21.7 Å². The van der Waals surface area contributed by atoms with Gasteiger partial charge >= 0.3 is 0 Å². The highest BCUT2D eigenvalue weighted by atomic mass is 32.1. The molecule has 1 unspecified atom stereocenters. The number of carbonyl (C=O) groups excluding carboxylic acids is 3. The van der Waals surface area contributed by atoms with Crippen LogP contribution in [0.1, 0.15) is 59.8 Å². The number of hydrogen-bond donors (Lipinski definition) is 3. The predicted molar refractivity (Wildman–Crippen MR) is 113 cm³/mol. The molecular weight excluding hydrogens is 390 g/mol. The number of rotatable bonds is 7. The largest absolute Gasteiger partial charge is 0.395 e. The lowest BCUT2D eigenvalue weighted by Gasteiger charge is -2.32. The van der Waals surface area contributed by atoms with Crippen molar-refractivity contribution >= 4 is 34.9 Å². The molecule has 1 aromatic carbocycles. The van der Waals surface area contributed by atoms with E-state index < -0.39 is 23.4 Å². The summed E-state index contributed by atoms with van der Waals surface area (Å²) in [5.41, 5.74) is 11.4. The van der Waals surface area contributed by atoms with Gasteiger partial charge in [-0.2, -0.15) is 4.37 Å². The molecule has 0 saturated heterocycles. The molecule has 2 rings (SSSR count). The number of primary amides is 1. The summed E-state index contributed by atoms with van der Waals surface area (Å²) in [5, 5.41) is 2.93. The Bertz CT molecular complexity index is 889. The fourth-order valence-electron chi connectivity index (χ4n) is 2.86. The number of nitrogen functional groups attached to an aromatic ring is 1. The second-order valence-corrected chi connectivity index (χ2v) is 8.49. The van der Waals surface area contributed by atoms with E-state index in [9.17, 15) is 14.4 Å². The van der Waals surface area contributed by atoms with E-state index in [1.807, 2.05) is 58.0 Å². The van der Waals surface area contributed by atoms with Gasteiger partial charge in [0, 0.05) is 12.1 Å². The molecule has 1 aromatic heterocycles. The van der Waals surface area contributed by atoms with Gasteiger partial charge in [-0.3, -0.25) is 14.4 Å². The first-order valence-corrected chi connectivity index (χ1v) is 10.0. The van der Waals surface area contributed by atoms with Gasteiger partial charge in [0.1, 0.15) is 10.9 Å². The minimum Gasteiger partial charge on any atom is -0.395 e. The first-order valence-electron chi connectivity index (χ1n) is 9.27. The van der Waals surface area contributed by atoms with Gasteiger partial charge in [0.15, 0.2) is 5.69 Å². The van der Waals surface area contributed by atoms with Gasteiger partial charge in [-0.05, 0) is 44.3 Å². The number of carbonyl (C=O) groups is 3. The van der Waals surface area contributed by atoms with Crippen LogP contribution in [0.4, 0.5) is 5.69 Å². The molecule has 29 heavy (non-hydrogen) atoms. The Balaban J connectivity index is 2.44. The average Bonchev–Trinajstić information content (AvgIpc) is 3.02. The molecule has 8 nitrogen and oxygen atoms in total. The summed E-state index contributed by atoms with van der Waals surface area (Å²) in [5.74, 6) is -1.53. The van der Waals surface area contributed by atoms with Crippen LogP contribution < -0.4 is 16.8 Å². The molecule has 0 aliphatic heterocycles. The molecule has 1 heterocycles. The Labute approximate surface area is 174 Å².